The molecule has 1 aliphatic heterocycles. The molecular weight excluding hydrogens is 475 g/mol. The fourth-order valence-corrected chi connectivity index (χ4v) is 3.21. The van der Waals surface area contributed by atoms with E-state index < -0.39 is 17.6 Å². The van der Waals surface area contributed by atoms with Crippen LogP contribution >= 0.6 is 24.0 Å². The van der Waals surface area contributed by atoms with Crippen LogP contribution in [0, 0.1) is 11.7 Å². The SMILES string of the molecule is CCN1CCCC(CNC(=NC)NCc2ccc(F)cc2C(F)(F)F)C1.I. The van der Waals surface area contributed by atoms with Gasteiger partial charge in [0.1, 0.15) is 5.82 Å². The van der Waals surface area contributed by atoms with Crippen LogP contribution in [0.15, 0.2) is 23.2 Å². The number of likely N-dealkylation sites (tertiary alicyclic amines) is 1. The topological polar surface area (TPSA) is 39.7 Å². The van der Waals surface area contributed by atoms with Crippen molar-refractivity contribution < 1.29 is 17.6 Å². The summed E-state index contributed by atoms with van der Waals surface area (Å²) in [5, 5.41) is 6.07. The number of guanidine groups is 1. The normalized spacial score (nSPS) is 18.7. The lowest BCUT2D eigenvalue weighted by atomic mass is 9.98. The maximum atomic E-state index is 13.2. The van der Waals surface area contributed by atoms with Crippen molar-refractivity contribution in [2.24, 2.45) is 10.9 Å². The number of nitrogens with zero attached hydrogens (tertiary/aromatic N) is 2. The molecule has 27 heavy (non-hydrogen) atoms. The van der Waals surface area contributed by atoms with Crippen LogP contribution in [0.1, 0.15) is 30.9 Å². The third kappa shape index (κ3) is 7.44. The summed E-state index contributed by atoms with van der Waals surface area (Å²) in [6.07, 6.45) is -2.32. The average molecular weight is 502 g/mol. The molecule has 2 N–H and O–H groups in total. The van der Waals surface area contributed by atoms with E-state index in [0.717, 1.165) is 44.6 Å². The minimum Gasteiger partial charge on any atom is -0.356 e. The van der Waals surface area contributed by atoms with Crippen molar-refractivity contribution in [2.75, 3.05) is 33.2 Å². The van der Waals surface area contributed by atoms with Gasteiger partial charge in [-0.05, 0) is 49.5 Å². The van der Waals surface area contributed by atoms with Gasteiger partial charge in [-0.1, -0.05) is 13.0 Å². The van der Waals surface area contributed by atoms with E-state index in [1.54, 1.807) is 7.05 Å². The van der Waals surface area contributed by atoms with E-state index in [9.17, 15) is 17.6 Å². The summed E-state index contributed by atoms with van der Waals surface area (Å²) < 4.78 is 52.3. The molecule has 1 aromatic carbocycles. The molecule has 0 radical (unpaired) electrons. The zero-order valence-electron chi connectivity index (χ0n) is 15.6. The monoisotopic (exact) mass is 502 g/mol. The third-order valence-electron chi connectivity index (χ3n) is 4.66. The minimum absolute atomic E-state index is 0. The van der Waals surface area contributed by atoms with Gasteiger partial charge in [0.25, 0.3) is 0 Å². The Bertz CT molecular complexity index is 622. The molecule has 9 heteroatoms. The molecule has 1 aromatic rings. The highest BCUT2D eigenvalue weighted by molar-refractivity contribution is 14.0. The summed E-state index contributed by atoms with van der Waals surface area (Å²) >= 11 is 0. The smallest absolute Gasteiger partial charge is 0.356 e. The molecule has 154 valence electrons. The maximum absolute atomic E-state index is 13.2. The Morgan fingerprint density at radius 3 is 2.67 bits per heavy atom. The van der Waals surface area contributed by atoms with Crippen molar-refractivity contribution in [3.05, 3.63) is 35.1 Å². The quantitative estimate of drug-likeness (QED) is 0.278. The summed E-state index contributed by atoms with van der Waals surface area (Å²) in [6.45, 7) is 5.92. The second-order valence-electron chi connectivity index (χ2n) is 6.51. The van der Waals surface area contributed by atoms with Crippen LogP contribution < -0.4 is 10.6 Å². The number of rotatable bonds is 5. The first-order valence-electron chi connectivity index (χ1n) is 8.86. The second-order valence-corrected chi connectivity index (χ2v) is 6.51. The molecule has 0 aliphatic carbocycles. The van der Waals surface area contributed by atoms with Gasteiger partial charge in [0.15, 0.2) is 5.96 Å². The first-order valence-corrected chi connectivity index (χ1v) is 8.86. The van der Waals surface area contributed by atoms with E-state index in [1.165, 1.54) is 0 Å². The van der Waals surface area contributed by atoms with Crippen LogP contribution in [-0.2, 0) is 12.7 Å². The van der Waals surface area contributed by atoms with Gasteiger partial charge in [0, 0.05) is 26.7 Å². The molecule has 4 nitrogen and oxygen atoms in total. The molecule has 0 saturated carbocycles. The zero-order chi connectivity index (χ0) is 19.2. The van der Waals surface area contributed by atoms with Crippen molar-refractivity contribution in [2.45, 2.75) is 32.5 Å². The summed E-state index contributed by atoms with van der Waals surface area (Å²) in [5.74, 6) is 0.0243. The number of hydrogen-bond donors (Lipinski definition) is 2. The van der Waals surface area contributed by atoms with Gasteiger partial charge < -0.3 is 15.5 Å². The minimum atomic E-state index is -4.60. The van der Waals surface area contributed by atoms with Crippen LogP contribution in [-0.4, -0.2) is 44.1 Å². The van der Waals surface area contributed by atoms with Crippen molar-refractivity contribution in [3.63, 3.8) is 0 Å². The van der Waals surface area contributed by atoms with Crippen LogP contribution in [0.5, 0.6) is 0 Å². The van der Waals surface area contributed by atoms with E-state index in [4.69, 9.17) is 0 Å². The molecular formula is C18H27F4IN4. The number of alkyl halides is 3. The van der Waals surface area contributed by atoms with Gasteiger partial charge in [-0.3, -0.25) is 4.99 Å². The summed E-state index contributed by atoms with van der Waals surface area (Å²) in [6, 6.07) is 2.71. The summed E-state index contributed by atoms with van der Waals surface area (Å²) in [4.78, 5) is 6.45. The van der Waals surface area contributed by atoms with Crippen LogP contribution in [0.3, 0.4) is 0 Å². The molecule has 1 atom stereocenters. The first-order chi connectivity index (χ1) is 12.3. The number of piperidine rings is 1. The van der Waals surface area contributed by atoms with E-state index in [0.29, 0.717) is 24.5 Å². The highest BCUT2D eigenvalue weighted by atomic mass is 127. The van der Waals surface area contributed by atoms with Gasteiger partial charge >= 0.3 is 6.18 Å². The highest BCUT2D eigenvalue weighted by Gasteiger charge is 2.33. The van der Waals surface area contributed by atoms with Crippen LogP contribution in [0.4, 0.5) is 17.6 Å². The molecule has 1 saturated heterocycles. The predicted molar refractivity (Wildman–Crippen MR) is 110 cm³/mol. The number of aliphatic imine (C=N–C) groups is 1. The molecule has 1 aliphatic rings. The molecule has 1 unspecified atom stereocenters. The van der Waals surface area contributed by atoms with E-state index in [2.05, 4.69) is 27.4 Å². The van der Waals surface area contributed by atoms with Crippen LogP contribution in [0.25, 0.3) is 0 Å². The third-order valence-corrected chi connectivity index (χ3v) is 4.66. The number of halogens is 5. The Morgan fingerprint density at radius 2 is 2.04 bits per heavy atom. The molecule has 1 fully saturated rings. The van der Waals surface area contributed by atoms with Gasteiger partial charge in [-0.2, -0.15) is 13.2 Å². The zero-order valence-corrected chi connectivity index (χ0v) is 17.9. The molecule has 0 aromatic heterocycles. The Labute approximate surface area is 174 Å². The summed E-state index contributed by atoms with van der Waals surface area (Å²) in [5.41, 5.74) is -0.983. The van der Waals surface area contributed by atoms with E-state index in [-0.39, 0.29) is 36.1 Å². The fourth-order valence-electron chi connectivity index (χ4n) is 3.21. The van der Waals surface area contributed by atoms with Gasteiger partial charge in [0.2, 0.25) is 0 Å². The number of nitrogens with one attached hydrogen (secondary N) is 2. The van der Waals surface area contributed by atoms with Gasteiger partial charge in [-0.15, -0.1) is 24.0 Å². The molecule has 0 bridgehead atoms. The van der Waals surface area contributed by atoms with Crippen molar-refractivity contribution in [1.29, 1.82) is 0 Å². The summed E-state index contributed by atoms with van der Waals surface area (Å²) in [7, 11) is 1.57. The Balaban J connectivity index is 0.00000364. The van der Waals surface area contributed by atoms with Gasteiger partial charge in [-0.25, -0.2) is 4.39 Å². The van der Waals surface area contributed by atoms with E-state index in [1.807, 2.05) is 0 Å². The lowest BCUT2D eigenvalue weighted by Crippen LogP contribution is -2.44. The number of benzene rings is 1. The van der Waals surface area contributed by atoms with Crippen LogP contribution in [0.2, 0.25) is 0 Å². The van der Waals surface area contributed by atoms with E-state index >= 15 is 0 Å². The lowest BCUT2D eigenvalue weighted by molar-refractivity contribution is -0.138. The van der Waals surface area contributed by atoms with Crippen molar-refractivity contribution >= 4 is 29.9 Å². The highest BCUT2D eigenvalue weighted by Crippen LogP contribution is 2.32. The number of hydrogen-bond acceptors (Lipinski definition) is 2. The first kappa shape index (κ1) is 23.9. The van der Waals surface area contributed by atoms with Crippen molar-refractivity contribution in [3.8, 4) is 0 Å². The lowest BCUT2D eigenvalue weighted by Gasteiger charge is -2.32. The Hall–Kier alpha value is -1.10. The molecule has 0 spiro atoms. The van der Waals surface area contributed by atoms with Gasteiger partial charge in [0.05, 0.1) is 5.56 Å². The molecule has 0 amide bonds. The maximum Gasteiger partial charge on any atom is 0.416 e. The fraction of sp³-hybridized carbons (Fsp3) is 0.611. The Kier molecular flexibility index (Phi) is 9.78. The van der Waals surface area contributed by atoms with Crippen molar-refractivity contribution in [1.82, 2.24) is 15.5 Å². The Morgan fingerprint density at radius 1 is 1.30 bits per heavy atom. The predicted octanol–water partition coefficient (Wildman–Crippen LogP) is 3.86. The standard InChI is InChI=1S/C18H26F4N4.HI/c1-3-26-8-4-5-13(12-26)10-24-17(23-2)25-11-14-6-7-15(19)9-16(14)18(20,21)22;/h6-7,9,13H,3-5,8,10-12H2,1-2H3,(H2,23,24,25);1H. The average Bonchev–Trinajstić information content (AvgIpc) is 2.62. The second kappa shape index (κ2) is 11.0. The molecule has 1 heterocycles. The molecule has 2 rings (SSSR count). The largest absolute Gasteiger partial charge is 0.416 e.